The van der Waals surface area contributed by atoms with E-state index < -0.39 is 5.97 Å². The van der Waals surface area contributed by atoms with Gasteiger partial charge in [-0.25, -0.2) is 4.98 Å². The second-order valence-corrected chi connectivity index (χ2v) is 9.22. The predicted molar refractivity (Wildman–Crippen MR) is 150 cm³/mol. The number of ether oxygens (including phenoxy) is 3. The monoisotopic (exact) mass is 535 g/mol. The summed E-state index contributed by atoms with van der Waals surface area (Å²) in [6, 6.07) is 32.4. The zero-order valence-electron chi connectivity index (χ0n) is 22.1. The average Bonchev–Trinajstić information content (AvgIpc) is 3.36. The van der Waals surface area contributed by atoms with Gasteiger partial charge in [-0.1, -0.05) is 60.7 Å². The quantitative estimate of drug-likeness (QED) is 0.184. The predicted octanol–water partition coefficient (Wildman–Crippen LogP) is 7.01. The fourth-order valence-electron chi connectivity index (χ4n) is 4.09. The van der Waals surface area contributed by atoms with E-state index in [-0.39, 0.29) is 19.6 Å². The van der Waals surface area contributed by atoms with E-state index in [1.807, 2.05) is 91.9 Å². The summed E-state index contributed by atoms with van der Waals surface area (Å²) in [5.74, 6) is 2.14. The summed E-state index contributed by atoms with van der Waals surface area (Å²) in [5.41, 5.74) is 4.16. The standard InChI is InChI=1S/C33H29NO6/c1-23-30(34-33(40-23)26-10-6-3-7-11-26)22-38-28-14-12-25(13-15-28)21-39-31-17-16-29(18-27(31)19-32(35)36)37-20-24-8-4-2-5-9-24/h2-18H,19-22H2,1H3,(H,35,36). The van der Waals surface area contributed by atoms with Gasteiger partial charge in [-0.3, -0.25) is 4.79 Å². The highest BCUT2D eigenvalue weighted by Crippen LogP contribution is 2.27. The zero-order valence-corrected chi connectivity index (χ0v) is 22.1. The Labute approximate surface area is 232 Å². The third-order valence-electron chi connectivity index (χ3n) is 6.23. The zero-order chi connectivity index (χ0) is 27.7. The SMILES string of the molecule is Cc1oc(-c2ccccc2)nc1COc1ccc(COc2ccc(OCc3ccccc3)cc2CC(=O)O)cc1. The third kappa shape index (κ3) is 7.08. The normalized spacial score (nSPS) is 10.7. The smallest absolute Gasteiger partial charge is 0.307 e. The Morgan fingerprint density at radius 3 is 2.10 bits per heavy atom. The van der Waals surface area contributed by atoms with E-state index in [4.69, 9.17) is 18.6 Å². The Balaban J connectivity index is 1.17. The lowest BCUT2D eigenvalue weighted by atomic mass is 10.1. The number of nitrogens with zero attached hydrogens (tertiary/aromatic N) is 1. The number of aryl methyl sites for hydroxylation is 1. The van der Waals surface area contributed by atoms with Gasteiger partial charge in [0.25, 0.3) is 0 Å². The molecule has 1 aromatic heterocycles. The summed E-state index contributed by atoms with van der Waals surface area (Å²) in [6.07, 6.45) is -0.169. The Kier molecular flexibility index (Phi) is 8.41. The molecule has 0 saturated heterocycles. The third-order valence-corrected chi connectivity index (χ3v) is 6.23. The van der Waals surface area contributed by atoms with Crippen LogP contribution in [0.5, 0.6) is 17.2 Å². The largest absolute Gasteiger partial charge is 0.489 e. The van der Waals surface area contributed by atoms with Crippen molar-refractivity contribution in [3.05, 3.63) is 131 Å². The van der Waals surface area contributed by atoms with E-state index in [0.29, 0.717) is 35.3 Å². The average molecular weight is 536 g/mol. The molecule has 202 valence electrons. The highest BCUT2D eigenvalue weighted by atomic mass is 16.5. The highest BCUT2D eigenvalue weighted by Gasteiger charge is 2.13. The maximum absolute atomic E-state index is 11.5. The maximum Gasteiger partial charge on any atom is 0.307 e. The minimum Gasteiger partial charge on any atom is -0.489 e. The molecule has 0 radical (unpaired) electrons. The number of hydrogen-bond acceptors (Lipinski definition) is 6. The van der Waals surface area contributed by atoms with Crippen LogP contribution in [0.25, 0.3) is 11.5 Å². The molecular weight excluding hydrogens is 506 g/mol. The first-order valence-electron chi connectivity index (χ1n) is 12.9. The molecule has 0 spiro atoms. The molecule has 40 heavy (non-hydrogen) atoms. The van der Waals surface area contributed by atoms with Crippen molar-refractivity contribution >= 4 is 5.97 Å². The molecular formula is C33H29NO6. The number of rotatable bonds is 12. The van der Waals surface area contributed by atoms with Gasteiger partial charge in [0.05, 0.1) is 6.42 Å². The number of aromatic nitrogens is 1. The van der Waals surface area contributed by atoms with Crippen LogP contribution < -0.4 is 14.2 Å². The first-order chi connectivity index (χ1) is 19.5. The Morgan fingerprint density at radius 2 is 1.38 bits per heavy atom. The molecule has 7 nitrogen and oxygen atoms in total. The number of carboxylic acid groups (broad SMARTS) is 1. The fourth-order valence-corrected chi connectivity index (χ4v) is 4.09. The molecule has 1 N–H and O–H groups in total. The topological polar surface area (TPSA) is 91.0 Å². The maximum atomic E-state index is 11.5. The van der Waals surface area contributed by atoms with Gasteiger partial charge in [-0.2, -0.15) is 0 Å². The minimum absolute atomic E-state index is 0.169. The van der Waals surface area contributed by atoms with E-state index in [1.54, 1.807) is 18.2 Å². The molecule has 0 aliphatic rings. The molecule has 1 heterocycles. The molecule has 5 rings (SSSR count). The van der Waals surface area contributed by atoms with Crippen molar-refractivity contribution in [1.82, 2.24) is 4.98 Å². The summed E-state index contributed by atoms with van der Waals surface area (Å²) in [6.45, 7) is 2.83. The van der Waals surface area contributed by atoms with Crippen molar-refractivity contribution in [3.63, 3.8) is 0 Å². The second kappa shape index (κ2) is 12.7. The van der Waals surface area contributed by atoms with Crippen LogP contribution in [0.2, 0.25) is 0 Å². The van der Waals surface area contributed by atoms with Crippen LogP contribution in [0.1, 0.15) is 28.1 Å². The lowest BCUT2D eigenvalue weighted by molar-refractivity contribution is -0.136. The highest BCUT2D eigenvalue weighted by molar-refractivity contribution is 5.71. The van der Waals surface area contributed by atoms with Crippen molar-refractivity contribution < 1.29 is 28.5 Å². The number of carbonyl (C=O) groups is 1. The van der Waals surface area contributed by atoms with Gasteiger partial charge in [-0.15, -0.1) is 0 Å². The van der Waals surface area contributed by atoms with Crippen molar-refractivity contribution in [2.75, 3.05) is 0 Å². The lowest BCUT2D eigenvalue weighted by Crippen LogP contribution is -2.05. The summed E-state index contributed by atoms with van der Waals surface area (Å²) >= 11 is 0. The van der Waals surface area contributed by atoms with Gasteiger partial charge in [0.1, 0.15) is 48.5 Å². The van der Waals surface area contributed by atoms with Crippen LogP contribution in [0.3, 0.4) is 0 Å². The van der Waals surface area contributed by atoms with E-state index in [0.717, 1.165) is 28.1 Å². The Morgan fingerprint density at radius 1 is 0.750 bits per heavy atom. The molecule has 4 aromatic carbocycles. The molecule has 0 bridgehead atoms. The summed E-state index contributed by atoms with van der Waals surface area (Å²) in [4.78, 5) is 16.0. The number of hydrogen-bond donors (Lipinski definition) is 1. The van der Waals surface area contributed by atoms with Gasteiger partial charge >= 0.3 is 5.97 Å². The Hall–Kier alpha value is -5.04. The van der Waals surface area contributed by atoms with Gasteiger partial charge in [-0.05, 0) is 60.5 Å². The number of carboxylic acids is 1. The first kappa shape index (κ1) is 26.6. The molecule has 0 saturated carbocycles. The van der Waals surface area contributed by atoms with E-state index in [2.05, 4.69) is 4.98 Å². The van der Waals surface area contributed by atoms with Crippen LogP contribution in [0.4, 0.5) is 0 Å². The minimum atomic E-state index is -0.940. The first-order valence-corrected chi connectivity index (χ1v) is 12.9. The van der Waals surface area contributed by atoms with E-state index in [9.17, 15) is 9.90 Å². The summed E-state index contributed by atoms with van der Waals surface area (Å²) in [7, 11) is 0. The fraction of sp³-hybridized carbons (Fsp3) is 0.152. The van der Waals surface area contributed by atoms with E-state index >= 15 is 0 Å². The molecule has 0 aliphatic heterocycles. The summed E-state index contributed by atoms with van der Waals surface area (Å²) in [5, 5.41) is 9.39. The molecule has 5 aromatic rings. The van der Waals surface area contributed by atoms with Gasteiger partial charge in [0.15, 0.2) is 0 Å². The van der Waals surface area contributed by atoms with Gasteiger partial charge in [0, 0.05) is 11.1 Å². The second-order valence-electron chi connectivity index (χ2n) is 9.22. The molecule has 0 fully saturated rings. The molecule has 0 atom stereocenters. The number of benzene rings is 4. The van der Waals surface area contributed by atoms with Gasteiger partial charge in [0.2, 0.25) is 5.89 Å². The van der Waals surface area contributed by atoms with Crippen LogP contribution in [0.15, 0.2) is 108 Å². The van der Waals surface area contributed by atoms with E-state index in [1.165, 1.54) is 0 Å². The van der Waals surface area contributed by atoms with Crippen molar-refractivity contribution in [2.45, 2.75) is 33.2 Å². The van der Waals surface area contributed by atoms with Crippen LogP contribution in [-0.2, 0) is 31.0 Å². The van der Waals surface area contributed by atoms with Crippen molar-refractivity contribution in [2.24, 2.45) is 0 Å². The summed E-state index contributed by atoms with van der Waals surface area (Å²) < 4.78 is 23.6. The lowest BCUT2D eigenvalue weighted by Gasteiger charge is -2.13. The molecule has 0 aliphatic carbocycles. The number of aliphatic carboxylic acids is 1. The molecule has 7 heteroatoms. The molecule has 0 amide bonds. The Bertz CT molecular complexity index is 1550. The van der Waals surface area contributed by atoms with Crippen molar-refractivity contribution in [3.8, 4) is 28.7 Å². The van der Waals surface area contributed by atoms with Gasteiger partial charge < -0.3 is 23.7 Å². The van der Waals surface area contributed by atoms with Crippen LogP contribution in [-0.4, -0.2) is 16.1 Å². The van der Waals surface area contributed by atoms with Crippen LogP contribution >= 0.6 is 0 Å². The van der Waals surface area contributed by atoms with Crippen molar-refractivity contribution in [1.29, 1.82) is 0 Å². The number of oxazole rings is 1. The molecule has 0 unspecified atom stereocenters. The van der Waals surface area contributed by atoms with Crippen LogP contribution in [0, 0.1) is 6.92 Å².